The van der Waals surface area contributed by atoms with Crippen LogP contribution in [0.3, 0.4) is 0 Å². The second-order valence-electron chi connectivity index (χ2n) is 6.17. The number of hydrogen-bond acceptors (Lipinski definition) is 4. The molecular weight excluding hydrogens is 380 g/mol. The van der Waals surface area contributed by atoms with E-state index >= 15 is 0 Å². The van der Waals surface area contributed by atoms with E-state index in [2.05, 4.69) is 21.7 Å². The van der Waals surface area contributed by atoms with Crippen LogP contribution < -0.4 is 21.7 Å². The molecule has 8 heteroatoms. The summed E-state index contributed by atoms with van der Waals surface area (Å²) in [5.74, 6) is -1.07. The molecule has 2 rings (SSSR count). The van der Waals surface area contributed by atoms with Crippen molar-refractivity contribution in [2.45, 2.75) is 13.8 Å². The van der Waals surface area contributed by atoms with Gasteiger partial charge in [0.15, 0.2) is 0 Å². The Morgan fingerprint density at radius 2 is 1.00 bits per heavy atom. The average Bonchev–Trinajstić information content (AvgIpc) is 2.70. The molecule has 0 bridgehead atoms. The van der Waals surface area contributed by atoms with Gasteiger partial charge in [0.05, 0.1) is 0 Å². The number of benzene rings is 2. The third kappa shape index (κ3) is 5.57. The number of hydrogen-bond donors (Lipinski definition) is 4. The Hall–Kier alpha value is -2.84. The molecule has 0 unspecified atom stereocenters. The van der Waals surface area contributed by atoms with E-state index < -0.39 is 17.2 Å². The molecule has 0 radical (unpaired) electrons. The molecule has 2 aromatic rings. The van der Waals surface area contributed by atoms with Crippen molar-refractivity contribution in [2.24, 2.45) is 5.41 Å². The number of hydrazine groups is 2. The Morgan fingerprint density at radius 3 is 1.33 bits per heavy atom. The van der Waals surface area contributed by atoms with Gasteiger partial charge in [0.25, 0.3) is 11.8 Å². The van der Waals surface area contributed by atoms with Crippen molar-refractivity contribution in [3.05, 3.63) is 71.8 Å². The normalized spacial score (nSPS) is 10.4. The summed E-state index contributed by atoms with van der Waals surface area (Å²) in [5.41, 5.74) is 10.4. The first-order valence-electron chi connectivity index (χ1n) is 8.14. The topological polar surface area (TPSA) is 82.3 Å². The minimum atomic E-state index is -1.36. The van der Waals surface area contributed by atoms with Gasteiger partial charge < -0.3 is 0 Å². The molecule has 0 atom stereocenters. The number of amides is 2. The lowest BCUT2D eigenvalue weighted by atomic mass is 9.92. The Balaban J connectivity index is 1.87. The van der Waals surface area contributed by atoms with E-state index in [1.165, 1.54) is 13.8 Å². The largest absolute Gasteiger partial charge is 0.288 e. The van der Waals surface area contributed by atoms with Crippen molar-refractivity contribution in [1.82, 2.24) is 21.7 Å². The molecule has 4 N–H and O–H groups in total. The first-order chi connectivity index (χ1) is 12.8. The summed E-state index contributed by atoms with van der Waals surface area (Å²) in [6, 6.07) is 18.3. The van der Waals surface area contributed by atoms with Gasteiger partial charge in [0.1, 0.15) is 15.4 Å². The van der Waals surface area contributed by atoms with Gasteiger partial charge in [0, 0.05) is 11.1 Å². The second-order valence-corrected chi connectivity index (χ2v) is 6.99. The molecule has 27 heavy (non-hydrogen) atoms. The molecule has 2 aromatic carbocycles. The summed E-state index contributed by atoms with van der Waals surface area (Å²) in [6.07, 6.45) is 0. The van der Waals surface area contributed by atoms with Crippen LogP contribution in [0.25, 0.3) is 0 Å². The molecule has 2 amide bonds. The van der Waals surface area contributed by atoms with Crippen LogP contribution in [0.1, 0.15) is 25.0 Å². The number of carbonyl (C=O) groups excluding carboxylic acids is 2. The van der Waals surface area contributed by atoms with Gasteiger partial charge in [-0.2, -0.15) is 0 Å². The van der Waals surface area contributed by atoms with Crippen LogP contribution in [-0.4, -0.2) is 21.8 Å². The molecule has 6 nitrogen and oxygen atoms in total. The maximum absolute atomic E-state index is 12.4. The molecule has 0 aromatic heterocycles. The fourth-order valence-electron chi connectivity index (χ4n) is 1.97. The average molecular weight is 401 g/mol. The standard InChI is InChI=1S/C19H20N4O2S2/c1-19(2,17(24)22-20-15(26)13-9-5-3-6-10-13)18(25)23-21-16(27)14-11-7-4-8-12-14/h3-12H,1-2H3,(H,20,26)(H,21,27)(H,22,24)(H,23,25). The molecule has 0 aliphatic carbocycles. The molecule has 0 spiro atoms. The lowest BCUT2D eigenvalue weighted by molar-refractivity contribution is -0.142. The molecule has 0 aliphatic heterocycles. The summed E-state index contributed by atoms with van der Waals surface area (Å²) in [5, 5.41) is 0. The molecule has 0 fully saturated rings. The van der Waals surface area contributed by atoms with Crippen LogP contribution in [0.15, 0.2) is 60.7 Å². The van der Waals surface area contributed by atoms with Crippen molar-refractivity contribution in [1.29, 1.82) is 0 Å². The van der Waals surface area contributed by atoms with Gasteiger partial charge in [-0.25, -0.2) is 0 Å². The smallest absolute Gasteiger partial charge is 0.253 e. The van der Waals surface area contributed by atoms with E-state index in [0.717, 1.165) is 11.1 Å². The minimum absolute atomic E-state index is 0.350. The number of carbonyl (C=O) groups is 2. The zero-order valence-corrected chi connectivity index (χ0v) is 16.5. The van der Waals surface area contributed by atoms with Crippen LogP contribution in [-0.2, 0) is 9.59 Å². The summed E-state index contributed by atoms with van der Waals surface area (Å²) in [6.45, 7) is 3.00. The highest BCUT2D eigenvalue weighted by atomic mass is 32.1. The molecule has 0 heterocycles. The third-order valence-corrected chi connectivity index (χ3v) is 4.46. The summed E-state index contributed by atoms with van der Waals surface area (Å²) in [7, 11) is 0. The number of nitrogens with one attached hydrogen (secondary N) is 4. The van der Waals surface area contributed by atoms with Crippen molar-refractivity contribution in [2.75, 3.05) is 0 Å². The van der Waals surface area contributed by atoms with E-state index in [-0.39, 0.29) is 0 Å². The maximum atomic E-state index is 12.4. The maximum Gasteiger partial charge on any atom is 0.253 e. The second kappa shape index (κ2) is 9.20. The Kier molecular flexibility index (Phi) is 6.98. The van der Waals surface area contributed by atoms with Crippen molar-refractivity contribution in [3.63, 3.8) is 0 Å². The van der Waals surface area contributed by atoms with E-state index in [9.17, 15) is 9.59 Å². The molecular formula is C19H20N4O2S2. The van der Waals surface area contributed by atoms with Crippen LogP contribution in [0, 0.1) is 5.41 Å². The molecule has 140 valence electrons. The van der Waals surface area contributed by atoms with Gasteiger partial charge in [-0.15, -0.1) is 0 Å². The SMILES string of the molecule is CC(C)(C(=O)NNC(=S)c1ccccc1)C(=O)NNC(=S)c1ccccc1. The number of rotatable bonds is 4. The highest BCUT2D eigenvalue weighted by Gasteiger charge is 2.36. The molecule has 0 saturated heterocycles. The van der Waals surface area contributed by atoms with E-state index in [0.29, 0.717) is 9.98 Å². The Labute approximate surface area is 168 Å². The fourth-order valence-corrected chi connectivity index (χ4v) is 2.34. The van der Waals surface area contributed by atoms with Crippen LogP contribution in [0.5, 0.6) is 0 Å². The van der Waals surface area contributed by atoms with Gasteiger partial charge in [-0.05, 0) is 13.8 Å². The lowest BCUT2D eigenvalue weighted by Crippen LogP contribution is -2.55. The van der Waals surface area contributed by atoms with E-state index in [4.69, 9.17) is 24.4 Å². The Morgan fingerprint density at radius 1 is 0.667 bits per heavy atom. The summed E-state index contributed by atoms with van der Waals surface area (Å²) < 4.78 is 0. The minimum Gasteiger partial charge on any atom is -0.288 e. The van der Waals surface area contributed by atoms with Gasteiger partial charge in [0.2, 0.25) is 0 Å². The van der Waals surface area contributed by atoms with Crippen molar-refractivity contribution in [3.8, 4) is 0 Å². The van der Waals surface area contributed by atoms with Crippen LogP contribution in [0.2, 0.25) is 0 Å². The predicted molar refractivity (Wildman–Crippen MR) is 113 cm³/mol. The van der Waals surface area contributed by atoms with Gasteiger partial charge >= 0.3 is 0 Å². The third-order valence-electron chi connectivity index (χ3n) is 3.79. The summed E-state index contributed by atoms with van der Waals surface area (Å²) >= 11 is 10.4. The highest BCUT2D eigenvalue weighted by Crippen LogP contribution is 2.14. The van der Waals surface area contributed by atoms with Crippen molar-refractivity contribution >= 4 is 46.2 Å². The zero-order chi connectivity index (χ0) is 19.9. The lowest BCUT2D eigenvalue weighted by Gasteiger charge is -2.23. The highest BCUT2D eigenvalue weighted by molar-refractivity contribution is 7.81. The monoisotopic (exact) mass is 400 g/mol. The predicted octanol–water partition coefficient (Wildman–Crippen LogP) is 2.01. The van der Waals surface area contributed by atoms with E-state index in [1.807, 2.05) is 60.7 Å². The zero-order valence-electron chi connectivity index (χ0n) is 14.9. The first kappa shape index (κ1) is 20.5. The Bertz CT molecular complexity index is 770. The van der Waals surface area contributed by atoms with Gasteiger partial charge in [-0.1, -0.05) is 85.1 Å². The van der Waals surface area contributed by atoms with Gasteiger partial charge in [-0.3, -0.25) is 31.3 Å². The summed E-state index contributed by atoms with van der Waals surface area (Å²) in [4.78, 5) is 25.5. The first-order valence-corrected chi connectivity index (χ1v) is 8.95. The molecule has 0 aliphatic rings. The van der Waals surface area contributed by atoms with E-state index in [1.54, 1.807) is 0 Å². The van der Waals surface area contributed by atoms with Crippen LogP contribution >= 0.6 is 24.4 Å². The molecule has 0 saturated carbocycles. The van der Waals surface area contributed by atoms with Crippen molar-refractivity contribution < 1.29 is 9.59 Å². The fraction of sp³-hybridized carbons (Fsp3) is 0.158. The van der Waals surface area contributed by atoms with Crippen LogP contribution in [0.4, 0.5) is 0 Å². The quantitative estimate of drug-likeness (QED) is 0.357. The number of thiocarbonyl (C=S) groups is 2.